The number of anilines is 3. The van der Waals surface area contributed by atoms with E-state index < -0.39 is 0 Å². The Morgan fingerprint density at radius 3 is 2.73 bits per heavy atom. The highest BCUT2D eigenvalue weighted by atomic mass is 16.2. The summed E-state index contributed by atoms with van der Waals surface area (Å²) in [6.45, 7) is 0.801. The molecule has 1 fully saturated rings. The number of hydrogen-bond donors (Lipinski definition) is 3. The van der Waals surface area contributed by atoms with Gasteiger partial charge in [-0.15, -0.1) is 0 Å². The maximum Gasteiger partial charge on any atom is 0.238 e. The molecule has 0 bridgehead atoms. The monoisotopic (exact) mass is 206 g/mol. The summed E-state index contributed by atoms with van der Waals surface area (Å²) in [6, 6.07) is 5.35. The average Bonchev–Trinajstić information content (AvgIpc) is 2.22. The molecule has 1 aliphatic heterocycles. The van der Waals surface area contributed by atoms with Crippen LogP contribution in [0.3, 0.4) is 0 Å². The lowest BCUT2D eigenvalue weighted by atomic mass is 10.2. The number of benzene rings is 1. The summed E-state index contributed by atoms with van der Waals surface area (Å²) in [4.78, 5) is 11.2. The molecule has 1 amide bonds. The summed E-state index contributed by atoms with van der Waals surface area (Å²) >= 11 is 0. The fourth-order valence-corrected chi connectivity index (χ4v) is 1.58. The van der Waals surface area contributed by atoms with E-state index in [1.807, 2.05) is 6.07 Å². The molecule has 1 saturated heterocycles. The minimum absolute atomic E-state index is 0.0386. The van der Waals surface area contributed by atoms with Gasteiger partial charge in [-0.1, -0.05) is 0 Å². The summed E-state index contributed by atoms with van der Waals surface area (Å²) in [5, 5.41) is 1.79. The molecular formula is C10H14N4O. The summed E-state index contributed by atoms with van der Waals surface area (Å²) in [5.41, 5.74) is 16.1. The van der Waals surface area contributed by atoms with Gasteiger partial charge in [-0.05, 0) is 24.6 Å². The molecule has 15 heavy (non-hydrogen) atoms. The maximum absolute atomic E-state index is 11.2. The first kappa shape index (κ1) is 9.64. The number of hydrazine groups is 1. The van der Waals surface area contributed by atoms with E-state index in [0.29, 0.717) is 17.8 Å². The fraction of sp³-hybridized carbons (Fsp3) is 0.300. The van der Waals surface area contributed by atoms with E-state index in [9.17, 15) is 4.79 Å². The molecule has 2 rings (SSSR count). The molecule has 5 N–H and O–H groups in total. The van der Waals surface area contributed by atoms with Gasteiger partial charge in [0.15, 0.2) is 0 Å². The molecule has 0 saturated carbocycles. The standard InChI is InChI=1S/C10H14N4O/c11-8-4-3-7(6-9(8)12)14-5-1-2-10(15)13-14/h3-4,6H,1-2,5,11-12H2,(H,13,15). The minimum atomic E-state index is 0.0386. The molecular weight excluding hydrogens is 192 g/mol. The molecule has 0 atom stereocenters. The lowest BCUT2D eigenvalue weighted by molar-refractivity contribution is -0.122. The first-order valence-electron chi connectivity index (χ1n) is 4.89. The predicted molar refractivity (Wildman–Crippen MR) is 60.0 cm³/mol. The number of rotatable bonds is 1. The van der Waals surface area contributed by atoms with Gasteiger partial charge in [-0.2, -0.15) is 0 Å². The minimum Gasteiger partial charge on any atom is -0.397 e. The molecule has 1 aromatic rings. The number of hydrogen-bond acceptors (Lipinski definition) is 4. The van der Waals surface area contributed by atoms with E-state index in [1.54, 1.807) is 17.1 Å². The number of nitrogens with one attached hydrogen (secondary N) is 1. The van der Waals surface area contributed by atoms with Crippen molar-refractivity contribution >= 4 is 23.0 Å². The van der Waals surface area contributed by atoms with Crippen LogP contribution < -0.4 is 21.9 Å². The number of nitrogens with zero attached hydrogens (tertiary/aromatic N) is 1. The second kappa shape index (κ2) is 3.68. The first-order chi connectivity index (χ1) is 7.16. The molecule has 0 spiro atoms. The Kier molecular flexibility index (Phi) is 2.37. The SMILES string of the molecule is Nc1ccc(N2CCCC(=O)N2)cc1N. The molecule has 0 unspecified atom stereocenters. The van der Waals surface area contributed by atoms with E-state index in [4.69, 9.17) is 11.5 Å². The Morgan fingerprint density at radius 2 is 2.07 bits per heavy atom. The third kappa shape index (κ3) is 1.96. The normalized spacial score (nSPS) is 16.3. The molecule has 0 aliphatic carbocycles. The van der Waals surface area contributed by atoms with Gasteiger partial charge >= 0.3 is 0 Å². The Bertz CT molecular complexity index is 391. The lowest BCUT2D eigenvalue weighted by Gasteiger charge is -2.29. The van der Waals surface area contributed by atoms with Gasteiger partial charge in [0.25, 0.3) is 0 Å². The van der Waals surface area contributed by atoms with Crippen molar-refractivity contribution in [2.75, 3.05) is 23.0 Å². The molecule has 1 heterocycles. The largest absolute Gasteiger partial charge is 0.397 e. The van der Waals surface area contributed by atoms with Crippen molar-refractivity contribution < 1.29 is 4.79 Å². The zero-order valence-corrected chi connectivity index (χ0v) is 8.36. The molecule has 0 aromatic heterocycles. The van der Waals surface area contributed by atoms with Crippen molar-refractivity contribution in [1.29, 1.82) is 0 Å². The van der Waals surface area contributed by atoms with Gasteiger partial charge in [0.05, 0.1) is 17.1 Å². The van der Waals surface area contributed by atoms with Crippen LogP contribution >= 0.6 is 0 Å². The van der Waals surface area contributed by atoms with Crippen LogP contribution in [0.4, 0.5) is 17.1 Å². The van der Waals surface area contributed by atoms with Crippen LogP contribution in [-0.4, -0.2) is 12.5 Å². The highest BCUT2D eigenvalue weighted by Gasteiger charge is 2.16. The van der Waals surface area contributed by atoms with E-state index >= 15 is 0 Å². The number of carbonyl (C=O) groups is 1. The van der Waals surface area contributed by atoms with Crippen molar-refractivity contribution in [1.82, 2.24) is 5.43 Å². The fourth-order valence-electron chi connectivity index (χ4n) is 1.58. The van der Waals surface area contributed by atoms with E-state index in [2.05, 4.69) is 5.43 Å². The van der Waals surface area contributed by atoms with Crippen molar-refractivity contribution in [3.63, 3.8) is 0 Å². The number of nitrogen functional groups attached to an aromatic ring is 2. The van der Waals surface area contributed by atoms with E-state index in [1.165, 1.54) is 0 Å². The van der Waals surface area contributed by atoms with Gasteiger partial charge in [0.2, 0.25) is 5.91 Å². The average molecular weight is 206 g/mol. The summed E-state index contributed by atoms with van der Waals surface area (Å²) < 4.78 is 0. The summed E-state index contributed by atoms with van der Waals surface area (Å²) in [6.07, 6.45) is 1.44. The van der Waals surface area contributed by atoms with Crippen LogP contribution in [0.15, 0.2) is 18.2 Å². The number of carbonyl (C=O) groups excluding carboxylic acids is 1. The molecule has 5 nitrogen and oxygen atoms in total. The van der Waals surface area contributed by atoms with Gasteiger partial charge in [-0.25, -0.2) is 0 Å². The molecule has 5 heteroatoms. The van der Waals surface area contributed by atoms with Crippen molar-refractivity contribution in [3.8, 4) is 0 Å². The Morgan fingerprint density at radius 1 is 1.27 bits per heavy atom. The molecule has 1 aromatic carbocycles. The summed E-state index contributed by atoms with van der Waals surface area (Å²) in [5.74, 6) is 0.0386. The van der Waals surface area contributed by atoms with Crippen LogP contribution in [0.2, 0.25) is 0 Å². The third-order valence-electron chi connectivity index (χ3n) is 2.43. The second-order valence-corrected chi connectivity index (χ2v) is 3.60. The molecule has 80 valence electrons. The Labute approximate surface area is 88.0 Å². The number of amides is 1. The van der Waals surface area contributed by atoms with Crippen molar-refractivity contribution in [2.45, 2.75) is 12.8 Å². The van der Waals surface area contributed by atoms with Crippen LogP contribution in [0.25, 0.3) is 0 Å². The van der Waals surface area contributed by atoms with Crippen LogP contribution in [-0.2, 0) is 4.79 Å². The van der Waals surface area contributed by atoms with Crippen molar-refractivity contribution in [2.24, 2.45) is 0 Å². The zero-order chi connectivity index (χ0) is 10.8. The third-order valence-corrected chi connectivity index (χ3v) is 2.43. The van der Waals surface area contributed by atoms with Gasteiger partial charge in [0, 0.05) is 13.0 Å². The van der Waals surface area contributed by atoms with Crippen LogP contribution in [0.1, 0.15) is 12.8 Å². The van der Waals surface area contributed by atoms with Gasteiger partial charge in [-0.3, -0.25) is 15.2 Å². The van der Waals surface area contributed by atoms with Crippen molar-refractivity contribution in [3.05, 3.63) is 18.2 Å². The van der Waals surface area contributed by atoms with Gasteiger partial charge in [0.1, 0.15) is 0 Å². The highest BCUT2D eigenvalue weighted by Crippen LogP contribution is 2.23. The zero-order valence-electron chi connectivity index (χ0n) is 8.36. The Hall–Kier alpha value is -1.91. The predicted octanol–water partition coefficient (Wildman–Crippen LogP) is 0.482. The molecule has 0 radical (unpaired) electrons. The van der Waals surface area contributed by atoms with Gasteiger partial charge < -0.3 is 11.5 Å². The van der Waals surface area contributed by atoms with E-state index in [-0.39, 0.29) is 5.91 Å². The van der Waals surface area contributed by atoms with Crippen LogP contribution in [0.5, 0.6) is 0 Å². The topological polar surface area (TPSA) is 84.4 Å². The molecule has 1 aliphatic rings. The maximum atomic E-state index is 11.2. The quantitative estimate of drug-likeness (QED) is 0.583. The summed E-state index contributed by atoms with van der Waals surface area (Å²) in [7, 11) is 0. The number of nitrogens with two attached hydrogens (primary N) is 2. The smallest absolute Gasteiger partial charge is 0.238 e. The lowest BCUT2D eigenvalue weighted by Crippen LogP contribution is -2.46. The van der Waals surface area contributed by atoms with Crippen LogP contribution in [0, 0.1) is 0 Å². The van der Waals surface area contributed by atoms with E-state index in [0.717, 1.165) is 18.7 Å². The Balaban J connectivity index is 2.21. The second-order valence-electron chi connectivity index (χ2n) is 3.60. The highest BCUT2D eigenvalue weighted by molar-refractivity contribution is 5.80. The first-order valence-corrected chi connectivity index (χ1v) is 4.89.